The third-order valence-electron chi connectivity index (χ3n) is 5.53. The number of pyridine rings is 1. The largest absolute Gasteiger partial charge is 0.352 e. The van der Waals surface area contributed by atoms with Crippen molar-refractivity contribution in [1.29, 1.82) is 0 Å². The molecular formula is C23H26N6O2S. The number of benzene rings is 1. The minimum absolute atomic E-state index is 0.00641. The number of aryl methyl sites for hydroxylation is 1. The van der Waals surface area contributed by atoms with E-state index in [4.69, 9.17) is 0 Å². The molecule has 1 aliphatic rings. The summed E-state index contributed by atoms with van der Waals surface area (Å²) in [5.41, 5.74) is 2.40. The van der Waals surface area contributed by atoms with Crippen molar-refractivity contribution in [3.05, 3.63) is 70.9 Å². The standard InChI is InChI=1S/C23H26N6O2S/c1-16-5-7-17(8-6-16)21(30)24-12-9-19-26-27-20-10-13-28(14-15-29(19)20)23(31)18-4-3-11-25-22(18)32-2/h3-8,11H,9-10,12-15H2,1-2H3,(H,24,30). The molecule has 1 N–H and O–H groups in total. The maximum absolute atomic E-state index is 13.1. The Balaban J connectivity index is 1.36. The summed E-state index contributed by atoms with van der Waals surface area (Å²) < 4.78 is 2.07. The zero-order valence-corrected chi connectivity index (χ0v) is 19.1. The number of carbonyl (C=O) groups excluding carboxylic acids is 2. The molecule has 0 atom stereocenters. The molecule has 0 radical (unpaired) electrons. The second-order valence-corrected chi connectivity index (χ2v) is 8.45. The second-order valence-electron chi connectivity index (χ2n) is 7.66. The van der Waals surface area contributed by atoms with Crippen molar-refractivity contribution in [3.8, 4) is 0 Å². The Hall–Kier alpha value is -3.20. The van der Waals surface area contributed by atoms with Crippen LogP contribution in [0.2, 0.25) is 0 Å². The number of aromatic nitrogens is 4. The first kappa shape index (κ1) is 22.0. The number of thioether (sulfide) groups is 1. The van der Waals surface area contributed by atoms with E-state index in [1.165, 1.54) is 11.8 Å². The van der Waals surface area contributed by atoms with Crippen LogP contribution in [0.15, 0.2) is 47.6 Å². The van der Waals surface area contributed by atoms with Gasteiger partial charge in [0.15, 0.2) is 0 Å². The molecule has 8 nitrogen and oxygen atoms in total. The smallest absolute Gasteiger partial charge is 0.256 e. The van der Waals surface area contributed by atoms with Gasteiger partial charge in [-0.1, -0.05) is 17.7 Å². The molecule has 9 heteroatoms. The van der Waals surface area contributed by atoms with Gasteiger partial charge in [-0.25, -0.2) is 4.98 Å². The summed E-state index contributed by atoms with van der Waals surface area (Å²) in [7, 11) is 0. The summed E-state index contributed by atoms with van der Waals surface area (Å²) in [5.74, 6) is 1.59. The van der Waals surface area contributed by atoms with Gasteiger partial charge in [0.2, 0.25) is 0 Å². The number of rotatable bonds is 6. The van der Waals surface area contributed by atoms with Gasteiger partial charge < -0.3 is 14.8 Å². The van der Waals surface area contributed by atoms with E-state index in [-0.39, 0.29) is 11.8 Å². The fraction of sp³-hybridized carbons (Fsp3) is 0.348. The van der Waals surface area contributed by atoms with Crippen LogP contribution in [0.3, 0.4) is 0 Å². The van der Waals surface area contributed by atoms with Crippen molar-refractivity contribution in [2.45, 2.75) is 31.3 Å². The molecule has 0 unspecified atom stereocenters. The Morgan fingerprint density at radius 1 is 1.09 bits per heavy atom. The third kappa shape index (κ3) is 4.83. The summed E-state index contributed by atoms with van der Waals surface area (Å²) in [6.07, 6.45) is 4.85. The topological polar surface area (TPSA) is 93.0 Å². The second kappa shape index (κ2) is 9.95. The summed E-state index contributed by atoms with van der Waals surface area (Å²) in [4.78, 5) is 31.6. The summed E-state index contributed by atoms with van der Waals surface area (Å²) in [5, 5.41) is 12.3. The van der Waals surface area contributed by atoms with E-state index >= 15 is 0 Å². The first-order valence-electron chi connectivity index (χ1n) is 10.6. The highest BCUT2D eigenvalue weighted by molar-refractivity contribution is 7.98. The maximum Gasteiger partial charge on any atom is 0.256 e. The number of nitrogens with zero attached hydrogens (tertiary/aromatic N) is 5. The Kier molecular flexibility index (Phi) is 6.84. The quantitative estimate of drug-likeness (QED) is 0.580. The van der Waals surface area contributed by atoms with Crippen LogP contribution in [0.5, 0.6) is 0 Å². The normalized spacial score (nSPS) is 13.4. The molecular weight excluding hydrogens is 424 g/mol. The summed E-state index contributed by atoms with van der Waals surface area (Å²) >= 11 is 1.47. The molecule has 0 bridgehead atoms. The molecule has 166 valence electrons. The van der Waals surface area contributed by atoms with Gasteiger partial charge in [-0.15, -0.1) is 22.0 Å². The fourth-order valence-electron chi connectivity index (χ4n) is 3.75. The molecule has 4 rings (SSSR count). The minimum atomic E-state index is -0.0987. The van der Waals surface area contributed by atoms with Gasteiger partial charge in [0.1, 0.15) is 16.7 Å². The van der Waals surface area contributed by atoms with E-state index in [1.54, 1.807) is 12.3 Å². The summed E-state index contributed by atoms with van der Waals surface area (Å²) in [6.45, 7) is 4.26. The highest BCUT2D eigenvalue weighted by atomic mass is 32.2. The number of hydrogen-bond donors (Lipinski definition) is 1. The SMILES string of the molecule is CSc1ncccc1C(=O)N1CCc2nnc(CCNC(=O)c3ccc(C)cc3)n2CC1. The van der Waals surface area contributed by atoms with E-state index < -0.39 is 0 Å². The van der Waals surface area contributed by atoms with Gasteiger partial charge in [0.25, 0.3) is 11.8 Å². The van der Waals surface area contributed by atoms with Crippen LogP contribution in [-0.2, 0) is 19.4 Å². The molecule has 2 amide bonds. The number of nitrogens with one attached hydrogen (secondary N) is 1. The van der Waals surface area contributed by atoms with Crippen molar-refractivity contribution in [2.24, 2.45) is 0 Å². The molecule has 0 saturated heterocycles. The average molecular weight is 451 g/mol. The van der Waals surface area contributed by atoms with E-state index in [0.29, 0.717) is 50.1 Å². The van der Waals surface area contributed by atoms with Gasteiger partial charge in [-0.2, -0.15) is 0 Å². The molecule has 0 aliphatic carbocycles. The van der Waals surface area contributed by atoms with Crippen LogP contribution in [0.4, 0.5) is 0 Å². The van der Waals surface area contributed by atoms with Crippen molar-refractivity contribution < 1.29 is 9.59 Å². The van der Waals surface area contributed by atoms with E-state index in [2.05, 4.69) is 25.1 Å². The molecule has 1 aliphatic heterocycles. The lowest BCUT2D eigenvalue weighted by Crippen LogP contribution is -2.34. The molecule has 3 heterocycles. The Morgan fingerprint density at radius 2 is 1.91 bits per heavy atom. The maximum atomic E-state index is 13.1. The molecule has 0 saturated carbocycles. The van der Waals surface area contributed by atoms with Crippen LogP contribution < -0.4 is 5.32 Å². The first-order valence-corrected chi connectivity index (χ1v) is 11.8. The van der Waals surface area contributed by atoms with Crippen LogP contribution in [0.1, 0.15) is 37.9 Å². The van der Waals surface area contributed by atoms with Gasteiger partial charge in [0.05, 0.1) is 5.56 Å². The van der Waals surface area contributed by atoms with Crippen molar-refractivity contribution >= 4 is 23.6 Å². The van der Waals surface area contributed by atoms with E-state index in [9.17, 15) is 9.59 Å². The number of fused-ring (bicyclic) bond motifs is 1. The van der Waals surface area contributed by atoms with Gasteiger partial charge >= 0.3 is 0 Å². The molecule has 0 fully saturated rings. The average Bonchev–Trinajstić information content (AvgIpc) is 3.07. The zero-order chi connectivity index (χ0) is 22.5. The molecule has 0 spiro atoms. The Bertz CT molecular complexity index is 1110. The molecule has 1 aromatic carbocycles. The van der Waals surface area contributed by atoms with Crippen LogP contribution >= 0.6 is 11.8 Å². The number of hydrogen-bond acceptors (Lipinski definition) is 6. The van der Waals surface area contributed by atoms with Gasteiger partial charge in [-0.3, -0.25) is 9.59 Å². The zero-order valence-electron chi connectivity index (χ0n) is 18.2. The Morgan fingerprint density at radius 3 is 2.69 bits per heavy atom. The lowest BCUT2D eigenvalue weighted by molar-refractivity contribution is 0.0754. The minimum Gasteiger partial charge on any atom is -0.352 e. The lowest BCUT2D eigenvalue weighted by atomic mass is 10.1. The predicted molar refractivity (Wildman–Crippen MR) is 123 cm³/mol. The molecule has 2 aromatic heterocycles. The number of amides is 2. The van der Waals surface area contributed by atoms with Crippen LogP contribution in [0, 0.1) is 6.92 Å². The fourth-order valence-corrected chi connectivity index (χ4v) is 4.29. The van der Waals surface area contributed by atoms with Crippen molar-refractivity contribution in [1.82, 2.24) is 30.0 Å². The van der Waals surface area contributed by atoms with Gasteiger partial charge in [-0.05, 0) is 37.4 Å². The van der Waals surface area contributed by atoms with Crippen molar-refractivity contribution in [3.63, 3.8) is 0 Å². The van der Waals surface area contributed by atoms with E-state index in [1.807, 2.05) is 48.4 Å². The van der Waals surface area contributed by atoms with Crippen molar-refractivity contribution in [2.75, 3.05) is 25.9 Å². The lowest BCUT2D eigenvalue weighted by Gasteiger charge is -2.21. The number of carbonyl (C=O) groups is 2. The molecule has 3 aromatic rings. The highest BCUT2D eigenvalue weighted by Gasteiger charge is 2.24. The molecule has 32 heavy (non-hydrogen) atoms. The Labute approximate surface area is 191 Å². The highest BCUT2D eigenvalue weighted by Crippen LogP contribution is 2.20. The predicted octanol–water partition coefficient (Wildman–Crippen LogP) is 2.37. The van der Waals surface area contributed by atoms with Crippen LogP contribution in [0.25, 0.3) is 0 Å². The first-order chi connectivity index (χ1) is 15.6. The van der Waals surface area contributed by atoms with Crippen LogP contribution in [-0.4, -0.2) is 62.4 Å². The van der Waals surface area contributed by atoms with Gasteiger partial charge in [0, 0.05) is 50.8 Å². The van der Waals surface area contributed by atoms with E-state index in [0.717, 1.165) is 22.2 Å². The monoisotopic (exact) mass is 450 g/mol. The summed E-state index contributed by atoms with van der Waals surface area (Å²) in [6, 6.07) is 11.1. The third-order valence-corrected chi connectivity index (χ3v) is 6.24.